The number of hydrogen-bond acceptors (Lipinski definition) is 5. The summed E-state index contributed by atoms with van der Waals surface area (Å²) in [5, 5.41) is 5.15. The van der Waals surface area contributed by atoms with Crippen LogP contribution in [0.4, 0.5) is 5.69 Å². The molecule has 0 spiro atoms. The summed E-state index contributed by atoms with van der Waals surface area (Å²) in [5.41, 5.74) is 1.56. The highest BCUT2D eigenvalue weighted by Crippen LogP contribution is 2.39. The molecule has 0 radical (unpaired) electrons. The van der Waals surface area contributed by atoms with Gasteiger partial charge in [0.2, 0.25) is 5.75 Å². The third kappa shape index (κ3) is 5.64. The summed E-state index contributed by atoms with van der Waals surface area (Å²) in [7, 11) is 4.44. The van der Waals surface area contributed by atoms with Crippen molar-refractivity contribution in [2.24, 2.45) is 0 Å². The van der Waals surface area contributed by atoms with Crippen LogP contribution in [0.15, 0.2) is 42.5 Å². The number of anilines is 1. The molecule has 0 saturated carbocycles. The van der Waals surface area contributed by atoms with Crippen molar-refractivity contribution in [3.05, 3.63) is 48.0 Å². The number of hydrogen-bond donors (Lipinski definition) is 2. The molecular weight excluding hydrogens is 348 g/mol. The van der Waals surface area contributed by atoms with Crippen LogP contribution in [0.3, 0.4) is 0 Å². The first-order valence-corrected chi connectivity index (χ1v) is 8.52. The first-order valence-electron chi connectivity index (χ1n) is 8.52. The van der Waals surface area contributed by atoms with Gasteiger partial charge in [-0.15, -0.1) is 0 Å². The first kappa shape index (κ1) is 20.1. The van der Waals surface area contributed by atoms with Crippen LogP contribution in [0.2, 0.25) is 0 Å². The van der Waals surface area contributed by atoms with Crippen molar-refractivity contribution in [3.63, 3.8) is 0 Å². The lowest BCUT2D eigenvalue weighted by Crippen LogP contribution is -2.36. The van der Waals surface area contributed by atoms with Gasteiger partial charge in [-0.3, -0.25) is 9.59 Å². The van der Waals surface area contributed by atoms with E-state index in [1.54, 1.807) is 12.1 Å². The molecule has 0 aromatic heterocycles. The first-order chi connectivity index (χ1) is 13.1. The molecular formula is C20H24N2O5. The van der Waals surface area contributed by atoms with Crippen LogP contribution >= 0.6 is 0 Å². The fraction of sp³-hybridized carbons (Fsp3) is 0.300. The number of carbonyl (C=O) groups excluding carboxylic acids is 2. The molecule has 0 aliphatic heterocycles. The number of nitrogens with one attached hydrogen (secondary N) is 2. The van der Waals surface area contributed by atoms with Gasteiger partial charge in [0.1, 0.15) is 0 Å². The predicted molar refractivity (Wildman–Crippen MR) is 103 cm³/mol. The van der Waals surface area contributed by atoms with Crippen LogP contribution in [0, 0.1) is 0 Å². The zero-order valence-corrected chi connectivity index (χ0v) is 15.7. The lowest BCUT2D eigenvalue weighted by Gasteiger charge is -2.14. The van der Waals surface area contributed by atoms with Gasteiger partial charge in [0.25, 0.3) is 0 Å². The Balaban J connectivity index is 1.89. The van der Waals surface area contributed by atoms with Gasteiger partial charge in [0.15, 0.2) is 11.5 Å². The third-order valence-electron chi connectivity index (χ3n) is 3.90. The molecule has 144 valence electrons. The zero-order chi connectivity index (χ0) is 19.6. The van der Waals surface area contributed by atoms with Crippen molar-refractivity contribution in [1.82, 2.24) is 5.32 Å². The Morgan fingerprint density at radius 2 is 1.52 bits per heavy atom. The number of benzene rings is 2. The smallest absolute Gasteiger partial charge is 0.313 e. The van der Waals surface area contributed by atoms with Crippen LogP contribution in [-0.4, -0.2) is 39.7 Å². The van der Waals surface area contributed by atoms with E-state index < -0.39 is 11.8 Å². The van der Waals surface area contributed by atoms with Crippen molar-refractivity contribution in [3.8, 4) is 17.2 Å². The van der Waals surface area contributed by atoms with E-state index >= 15 is 0 Å². The topological polar surface area (TPSA) is 85.9 Å². The van der Waals surface area contributed by atoms with Gasteiger partial charge in [0.05, 0.1) is 21.3 Å². The van der Waals surface area contributed by atoms with Crippen LogP contribution in [0.25, 0.3) is 0 Å². The van der Waals surface area contributed by atoms with Crippen molar-refractivity contribution < 1.29 is 23.8 Å². The van der Waals surface area contributed by atoms with Crippen molar-refractivity contribution >= 4 is 17.5 Å². The van der Waals surface area contributed by atoms with Gasteiger partial charge >= 0.3 is 11.8 Å². The minimum Gasteiger partial charge on any atom is -0.493 e. The van der Waals surface area contributed by atoms with Crippen molar-refractivity contribution in [2.45, 2.75) is 12.8 Å². The average molecular weight is 372 g/mol. The quantitative estimate of drug-likeness (QED) is 0.549. The SMILES string of the molecule is COc1cc(NC(=O)C(=O)NCCCc2ccccc2)cc(OC)c1OC. The highest BCUT2D eigenvalue weighted by atomic mass is 16.5. The van der Waals surface area contributed by atoms with Crippen LogP contribution in [0.1, 0.15) is 12.0 Å². The molecule has 0 saturated heterocycles. The molecule has 7 nitrogen and oxygen atoms in total. The Morgan fingerprint density at radius 3 is 2.07 bits per heavy atom. The standard InChI is InChI=1S/C20H24N2O5/c1-25-16-12-15(13-17(26-2)18(16)27-3)22-20(24)19(23)21-11-7-10-14-8-5-4-6-9-14/h4-6,8-9,12-13H,7,10-11H2,1-3H3,(H,21,23)(H,22,24). The number of ether oxygens (including phenoxy) is 3. The fourth-order valence-corrected chi connectivity index (χ4v) is 2.56. The summed E-state index contributed by atoms with van der Waals surface area (Å²) in [6.45, 7) is 0.413. The number of rotatable bonds is 8. The minimum atomic E-state index is -0.760. The molecule has 27 heavy (non-hydrogen) atoms. The monoisotopic (exact) mass is 372 g/mol. The Morgan fingerprint density at radius 1 is 0.889 bits per heavy atom. The van der Waals surface area contributed by atoms with Gasteiger partial charge in [0, 0.05) is 24.4 Å². The molecule has 0 unspecified atom stereocenters. The summed E-state index contributed by atoms with van der Waals surface area (Å²) >= 11 is 0. The second kappa shape index (κ2) is 10.1. The maximum atomic E-state index is 12.1. The molecule has 0 aliphatic carbocycles. The fourth-order valence-electron chi connectivity index (χ4n) is 2.56. The summed E-state index contributed by atoms with van der Waals surface area (Å²) in [5.74, 6) is -0.282. The van der Waals surface area contributed by atoms with Crippen LogP contribution in [-0.2, 0) is 16.0 Å². The van der Waals surface area contributed by atoms with Gasteiger partial charge in [-0.1, -0.05) is 30.3 Å². The van der Waals surface area contributed by atoms with E-state index in [1.807, 2.05) is 30.3 Å². The molecule has 0 bridgehead atoms. The molecule has 2 rings (SSSR count). The number of carbonyl (C=O) groups is 2. The Bertz CT molecular complexity index is 752. The van der Waals surface area contributed by atoms with E-state index in [2.05, 4.69) is 10.6 Å². The highest BCUT2D eigenvalue weighted by molar-refractivity contribution is 6.39. The van der Waals surface area contributed by atoms with E-state index in [0.717, 1.165) is 12.8 Å². The minimum absolute atomic E-state index is 0.369. The van der Waals surface area contributed by atoms with Gasteiger partial charge in [-0.2, -0.15) is 0 Å². The molecule has 0 aliphatic rings. The third-order valence-corrected chi connectivity index (χ3v) is 3.90. The molecule has 2 aromatic carbocycles. The van der Waals surface area contributed by atoms with E-state index in [-0.39, 0.29) is 0 Å². The molecule has 2 amide bonds. The van der Waals surface area contributed by atoms with Gasteiger partial charge in [-0.25, -0.2) is 0 Å². The predicted octanol–water partition coefficient (Wildman–Crippen LogP) is 2.40. The molecule has 0 atom stereocenters. The van der Waals surface area contributed by atoms with E-state index in [4.69, 9.17) is 14.2 Å². The summed E-state index contributed by atoms with van der Waals surface area (Å²) in [6.07, 6.45) is 1.57. The average Bonchev–Trinajstić information content (AvgIpc) is 2.70. The summed E-state index contributed by atoms with van der Waals surface area (Å²) in [4.78, 5) is 24.1. The molecule has 2 aromatic rings. The molecule has 2 N–H and O–H groups in total. The lowest BCUT2D eigenvalue weighted by atomic mass is 10.1. The molecule has 0 heterocycles. The lowest BCUT2D eigenvalue weighted by molar-refractivity contribution is -0.136. The second-order valence-electron chi connectivity index (χ2n) is 5.71. The van der Waals surface area contributed by atoms with Crippen molar-refractivity contribution in [1.29, 1.82) is 0 Å². The maximum absolute atomic E-state index is 12.1. The highest BCUT2D eigenvalue weighted by Gasteiger charge is 2.17. The molecule has 7 heteroatoms. The van der Waals surface area contributed by atoms with E-state index in [0.29, 0.717) is 29.5 Å². The molecule has 0 fully saturated rings. The Kier molecular flexibility index (Phi) is 7.49. The van der Waals surface area contributed by atoms with Crippen LogP contribution in [0.5, 0.6) is 17.2 Å². The zero-order valence-electron chi connectivity index (χ0n) is 15.7. The second-order valence-corrected chi connectivity index (χ2v) is 5.71. The summed E-state index contributed by atoms with van der Waals surface area (Å²) in [6, 6.07) is 13.1. The Labute approximate surface area is 158 Å². The normalized spacial score (nSPS) is 10.0. The summed E-state index contributed by atoms with van der Waals surface area (Å²) < 4.78 is 15.7. The van der Waals surface area contributed by atoms with Gasteiger partial charge in [-0.05, 0) is 18.4 Å². The van der Waals surface area contributed by atoms with Gasteiger partial charge < -0.3 is 24.8 Å². The van der Waals surface area contributed by atoms with Crippen molar-refractivity contribution in [2.75, 3.05) is 33.2 Å². The Hall–Kier alpha value is -3.22. The maximum Gasteiger partial charge on any atom is 0.313 e. The number of methoxy groups -OCH3 is 3. The van der Waals surface area contributed by atoms with E-state index in [1.165, 1.54) is 26.9 Å². The largest absolute Gasteiger partial charge is 0.493 e. The number of amides is 2. The number of aryl methyl sites for hydroxylation is 1. The van der Waals surface area contributed by atoms with E-state index in [9.17, 15) is 9.59 Å². The van der Waals surface area contributed by atoms with Crippen LogP contribution < -0.4 is 24.8 Å².